The van der Waals surface area contributed by atoms with Crippen LogP contribution in [0.2, 0.25) is 0 Å². The Morgan fingerprint density at radius 1 is 1.33 bits per heavy atom. The molecule has 0 saturated heterocycles. The fraction of sp³-hybridized carbons (Fsp3) is 0.333. The van der Waals surface area contributed by atoms with Gasteiger partial charge < -0.3 is 20.6 Å². The van der Waals surface area contributed by atoms with Crippen LogP contribution in [0.4, 0.5) is 0 Å². The van der Waals surface area contributed by atoms with Crippen molar-refractivity contribution in [2.75, 3.05) is 6.54 Å². The number of phenolic OH excluding ortho intramolecular Hbond substituents is 2. The molecule has 1 rings (SSSR count). The van der Waals surface area contributed by atoms with E-state index in [1.165, 1.54) is 12.1 Å². The Balaban J connectivity index is 2.58. The van der Waals surface area contributed by atoms with Gasteiger partial charge in [0.1, 0.15) is 11.5 Å². The van der Waals surface area contributed by atoms with Crippen molar-refractivity contribution in [3.8, 4) is 11.5 Å². The van der Waals surface area contributed by atoms with Gasteiger partial charge in [0, 0.05) is 19.0 Å². The number of aromatic hydroxyl groups is 2. The Morgan fingerprint density at radius 2 is 2.00 bits per heavy atom. The van der Waals surface area contributed by atoms with E-state index in [9.17, 15) is 14.7 Å². The van der Waals surface area contributed by atoms with Gasteiger partial charge in [0.2, 0.25) is 0 Å². The van der Waals surface area contributed by atoms with Gasteiger partial charge in [-0.3, -0.25) is 9.59 Å². The smallest absolute Gasteiger partial charge is 0.303 e. The average molecular weight is 253 g/mol. The first kappa shape index (κ1) is 13.8. The van der Waals surface area contributed by atoms with Crippen LogP contribution in [-0.4, -0.2) is 33.7 Å². The minimum Gasteiger partial charge on any atom is -0.508 e. The summed E-state index contributed by atoms with van der Waals surface area (Å²) in [5, 5.41) is 29.6. The van der Waals surface area contributed by atoms with E-state index in [0.29, 0.717) is 0 Å². The van der Waals surface area contributed by atoms with Gasteiger partial charge >= 0.3 is 5.97 Å². The molecule has 6 heteroatoms. The van der Waals surface area contributed by atoms with Crippen LogP contribution in [0.5, 0.6) is 11.5 Å². The van der Waals surface area contributed by atoms with E-state index in [1.807, 2.05) is 0 Å². The fourth-order valence-corrected chi connectivity index (χ4v) is 1.44. The molecular weight excluding hydrogens is 238 g/mol. The highest BCUT2D eigenvalue weighted by Gasteiger charge is 2.13. The number of phenols is 2. The molecule has 6 nitrogen and oxygen atoms in total. The molecule has 1 aromatic carbocycles. The van der Waals surface area contributed by atoms with E-state index >= 15 is 0 Å². The van der Waals surface area contributed by atoms with E-state index in [-0.39, 0.29) is 35.9 Å². The number of amides is 1. The molecule has 1 aromatic rings. The van der Waals surface area contributed by atoms with Crippen LogP contribution in [0, 0.1) is 5.92 Å². The Morgan fingerprint density at radius 3 is 2.56 bits per heavy atom. The van der Waals surface area contributed by atoms with E-state index in [4.69, 9.17) is 10.2 Å². The number of carbonyl (C=O) groups is 2. The standard InChI is InChI=1S/C12H15NO5/c1-7(4-11(16)17)6-13-12(18)9-3-2-8(14)5-10(9)15/h2-3,5,7,14-15H,4,6H2,1H3,(H,13,18)(H,16,17). The summed E-state index contributed by atoms with van der Waals surface area (Å²) in [6.07, 6.45) is -0.0398. The van der Waals surface area contributed by atoms with Crippen molar-refractivity contribution in [3.63, 3.8) is 0 Å². The number of carbonyl (C=O) groups excluding carboxylic acids is 1. The first-order valence-electron chi connectivity index (χ1n) is 5.42. The lowest BCUT2D eigenvalue weighted by atomic mass is 10.1. The van der Waals surface area contributed by atoms with Gasteiger partial charge in [-0.1, -0.05) is 6.92 Å². The third kappa shape index (κ3) is 3.97. The van der Waals surface area contributed by atoms with Crippen LogP contribution in [0.3, 0.4) is 0 Å². The molecule has 1 amide bonds. The van der Waals surface area contributed by atoms with E-state index in [2.05, 4.69) is 5.32 Å². The lowest BCUT2D eigenvalue weighted by molar-refractivity contribution is -0.137. The van der Waals surface area contributed by atoms with Crippen molar-refractivity contribution < 1.29 is 24.9 Å². The maximum absolute atomic E-state index is 11.7. The van der Waals surface area contributed by atoms with Crippen molar-refractivity contribution in [1.29, 1.82) is 0 Å². The van der Waals surface area contributed by atoms with Gasteiger partial charge in [-0.2, -0.15) is 0 Å². The molecule has 0 aromatic heterocycles. The summed E-state index contributed by atoms with van der Waals surface area (Å²) in [5.74, 6) is -2.10. The number of benzene rings is 1. The number of aliphatic carboxylic acids is 1. The molecule has 0 heterocycles. The fourth-order valence-electron chi connectivity index (χ4n) is 1.44. The highest BCUT2D eigenvalue weighted by molar-refractivity contribution is 5.97. The maximum Gasteiger partial charge on any atom is 0.303 e. The van der Waals surface area contributed by atoms with Gasteiger partial charge in [0.25, 0.3) is 5.91 Å². The van der Waals surface area contributed by atoms with Gasteiger partial charge in [0.05, 0.1) is 5.56 Å². The van der Waals surface area contributed by atoms with Crippen LogP contribution in [0.15, 0.2) is 18.2 Å². The summed E-state index contributed by atoms with van der Waals surface area (Å²) in [7, 11) is 0. The number of rotatable bonds is 5. The molecule has 0 aliphatic heterocycles. The zero-order valence-electron chi connectivity index (χ0n) is 9.88. The minimum atomic E-state index is -0.927. The second-order valence-electron chi connectivity index (χ2n) is 4.11. The zero-order valence-corrected chi connectivity index (χ0v) is 9.88. The first-order valence-corrected chi connectivity index (χ1v) is 5.42. The van der Waals surface area contributed by atoms with Crippen molar-refractivity contribution >= 4 is 11.9 Å². The highest BCUT2D eigenvalue weighted by Crippen LogP contribution is 2.22. The highest BCUT2D eigenvalue weighted by atomic mass is 16.4. The molecule has 0 aliphatic rings. The molecule has 0 saturated carbocycles. The quantitative estimate of drug-likeness (QED) is 0.624. The van der Waals surface area contributed by atoms with Crippen LogP contribution >= 0.6 is 0 Å². The molecule has 0 fully saturated rings. The minimum absolute atomic E-state index is 0.0373. The van der Waals surface area contributed by atoms with E-state index < -0.39 is 11.9 Å². The van der Waals surface area contributed by atoms with Crippen molar-refractivity contribution in [2.24, 2.45) is 5.92 Å². The van der Waals surface area contributed by atoms with Crippen LogP contribution in [0.1, 0.15) is 23.7 Å². The number of hydrogen-bond donors (Lipinski definition) is 4. The average Bonchev–Trinajstić information content (AvgIpc) is 2.25. The third-order valence-electron chi connectivity index (χ3n) is 2.36. The molecule has 1 atom stereocenters. The molecule has 0 bridgehead atoms. The number of nitrogens with one attached hydrogen (secondary N) is 1. The summed E-state index contributed by atoms with van der Waals surface area (Å²) in [5.41, 5.74) is 0.0373. The van der Waals surface area contributed by atoms with Crippen molar-refractivity contribution in [2.45, 2.75) is 13.3 Å². The van der Waals surface area contributed by atoms with Gasteiger partial charge in [-0.25, -0.2) is 0 Å². The third-order valence-corrected chi connectivity index (χ3v) is 2.36. The lowest BCUT2D eigenvalue weighted by Gasteiger charge is -2.11. The lowest BCUT2D eigenvalue weighted by Crippen LogP contribution is -2.29. The van der Waals surface area contributed by atoms with Crippen LogP contribution in [-0.2, 0) is 4.79 Å². The van der Waals surface area contributed by atoms with Gasteiger partial charge in [-0.15, -0.1) is 0 Å². The van der Waals surface area contributed by atoms with E-state index in [0.717, 1.165) is 6.07 Å². The summed E-state index contributed by atoms with van der Waals surface area (Å²) in [6.45, 7) is 1.90. The molecule has 0 aliphatic carbocycles. The Kier molecular flexibility index (Phi) is 4.53. The Labute approximate surface area is 104 Å². The summed E-state index contributed by atoms with van der Waals surface area (Å²) >= 11 is 0. The molecule has 18 heavy (non-hydrogen) atoms. The number of hydrogen-bond acceptors (Lipinski definition) is 4. The molecule has 0 spiro atoms. The second kappa shape index (κ2) is 5.90. The molecular formula is C12H15NO5. The monoisotopic (exact) mass is 253 g/mol. The molecule has 98 valence electrons. The van der Waals surface area contributed by atoms with Gasteiger partial charge in [-0.05, 0) is 18.1 Å². The van der Waals surface area contributed by atoms with Crippen LogP contribution < -0.4 is 5.32 Å². The second-order valence-corrected chi connectivity index (χ2v) is 4.11. The summed E-state index contributed by atoms with van der Waals surface area (Å²) in [4.78, 5) is 22.1. The number of carboxylic acids is 1. The normalized spacial score (nSPS) is 11.8. The predicted octanol–water partition coefficient (Wildman–Crippen LogP) is 0.938. The first-order chi connectivity index (χ1) is 8.40. The number of carboxylic acid groups (broad SMARTS) is 1. The van der Waals surface area contributed by atoms with Crippen LogP contribution in [0.25, 0.3) is 0 Å². The topological polar surface area (TPSA) is 107 Å². The summed E-state index contributed by atoms with van der Waals surface area (Å²) in [6, 6.07) is 3.65. The SMILES string of the molecule is CC(CNC(=O)c1ccc(O)cc1O)CC(=O)O. The molecule has 0 radical (unpaired) electrons. The Bertz CT molecular complexity index is 458. The summed E-state index contributed by atoms with van der Waals surface area (Å²) < 4.78 is 0. The maximum atomic E-state index is 11.7. The molecule has 1 unspecified atom stereocenters. The molecule has 4 N–H and O–H groups in total. The Hall–Kier alpha value is -2.24. The van der Waals surface area contributed by atoms with Crippen molar-refractivity contribution in [3.05, 3.63) is 23.8 Å². The zero-order chi connectivity index (χ0) is 13.7. The predicted molar refractivity (Wildman–Crippen MR) is 63.5 cm³/mol. The van der Waals surface area contributed by atoms with Gasteiger partial charge in [0.15, 0.2) is 0 Å². The van der Waals surface area contributed by atoms with E-state index in [1.54, 1.807) is 6.92 Å². The van der Waals surface area contributed by atoms with Crippen molar-refractivity contribution in [1.82, 2.24) is 5.32 Å². The largest absolute Gasteiger partial charge is 0.508 e.